The fourth-order valence-corrected chi connectivity index (χ4v) is 3.47. The topological polar surface area (TPSA) is 79.0 Å². The molecule has 0 bridgehead atoms. The van der Waals surface area contributed by atoms with Gasteiger partial charge in [-0.2, -0.15) is 0 Å². The monoisotopic (exact) mass is 353 g/mol. The molecule has 0 aromatic carbocycles. The lowest BCUT2D eigenvalue weighted by atomic mass is 9.94. The second kappa shape index (κ2) is 9.06. The molecule has 25 heavy (non-hydrogen) atoms. The van der Waals surface area contributed by atoms with E-state index in [4.69, 9.17) is 4.74 Å². The molecule has 2 heterocycles. The number of nitrogens with zero attached hydrogens (tertiary/aromatic N) is 2. The van der Waals surface area contributed by atoms with E-state index in [1.807, 2.05) is 18.7 Å². The molecule has 2 aliphatic heterocycles. The largest absolute Gasteiger partial charge is 0.450 e. The van der Waals surface area contributed by atoms with Crippen LogP contribution in [0.2, 0.25) is 0 Å². The van der Waals surface area contributed by atoms with Crippen LogP contribution < -0.4 is 5.32 Å². The van der Waals surface area contributed by atoms with Gasteiger partial charge in [0.25, 0.3) is 0 Å². The second-order valence-corrected chi connectivity index (χ2v) is 7.22. The molecule has 0 unspecified atom stereocenters. The molecule has 2 saturated heterocycles. The fraction of sp³-hybridized carbons (Fsp3) is 0.833. The van der Waals surface area contributed by atoms with Gasteiger partial charge in [-0.05, 0) is 32.6 Å². The Balaban J connectivity index is 1.71. The van der Waals surface area contributed by atoms with Crippen molar-refractivity contribution in [2.75, 3.05) is 32.8 Å². The van der Waals surface area contributed by atoms with Crippen LogP contribution in [-0.4, -0.2) is 66.5 Å². The van der Waals surface area contributed by atoms with Gasteiger partial charge in [0.1, 0.15) is 0 Å². The molecule has 0 atom stereocenters. The van der Waals surface area contributed by atoms with Crippen molar-refractivity contribution in [1.82, 2.24) is 15.1 Å². The summed E-state index contributed by atoms with van der Waals surface area (Å²) >= 11 is 0. The summed E-state index contributed by atoms with van der Waals surface area (Å²) in [6, 6.07) is 0.119. The standard InChI is InChI=1S/C18H31N3O4/c1-4-25-18(24)21-11-7-15(8-12-21)19-16(22)14-5-9-20(10-6-14)17(23)13(2)3/h13-15H,4-12H2,1-3H3,(H,19,22). The average molecular weight is 353 g/mol. The van der Waals surface area contributed by atoms with Crippen LogP contribution in [0.4, 0.5) is 4.79 Å². The highest BCUT2D eigenvalue weighted by atomic mass is 16.6. The Morgan fingerprint density at radius 3 is 2.08 bits per heavy atom. The third-order valence-corrected chi connectivity index (χ3v) is 5.04. The molecule has 0 aromatic rings. The highest BCUT2D eigenvalue weighted by Crippen LogP contribution is 2.20. The molecule has 0 aliphatic carbocycles. The Labute approximate surface area is 150 Å². The Morgan fingerprint density at radius 1 is 1.00 bits per heavy atom. The van der Waals surface area contributed by atoms with Gasteiger partial charge in [0.2, 0.25) is 11.8 Å². The van der Waals surface area contributed by atoms with Crippen molar-refractivity contribution in [2.24, 2.45) is 11.8 Å². The zero-order valence-electron chi connectivity index (χ0n) is 15.6. The molecule has 2 fully saturated rings. The lowest BCUT2D eigenvalue weighted by Crippen LogP contribution is -2.50. The fourth-order valence-electron chi connectivity index (χ4n) is 3.47. The Hall–Kier alpha value is -1.79. The minimum absolute atomic E-state index is 0.00922. The third-order valence-electron chi connectivity index (χ3n) is 5.04. The number of carbonyl (C=O) groups excluding carboxylic acids is 3. The van der Waals surface area contributed by atoms with Crippen molar-refractivity contribution >= 4 is 17.9 Å². The first-order valence-corrected chi connectivity index (χ1v) is 9.43. The Morgan fingerprint density at radius 2 is 1.56 bits per heavy atom. The summed E-state index contributed by atoms with van der Waals surface area (Å²) in [4.78, 5) is 39.7. The average Bonchev–Trinajstić information content (AvgIpc) is 2.62. The van der Waals surface area contributed by atoms with Crippen molar-refractivity contribution < 1.29 is 19.1 Å². The molecule has 0 spiro atoms. The molecule has 1 N–H and O–H groups in total. The SMILES string of the molecule is CCOC(=O)N1CCC(NC(=O)C2CCN(C(=O)C(C)C)CC2)CC1. The maximum absolute atomic E-state index is 12.5. The van der Waals surface area contributed by atoms with E-state index < -0.39 is 0 Å². The lowest BCUT2D eigenvalue weighted by Gasteiger charge is -2.35. The zero-order valence-corrected chi connectivity index (χ0v) is 15.6. The molecule has 0 radical (unpaired) electrons. The van der Waals surface area contributed by atoms with E-state index in [9.17, 15) is 14.4 Å². The summed E-state index contributed by atoms with van der Waals surface area (Å²) in [6.45, 7) is 8.55. The zero-order chi connectivity index (χ0) is 18.4. The predicted molar refractivity (Wildman–Crippen MR) is 93.9 cm³/mol. The first kappa shape index (κ1) is 19.5. The molecule has 7 nitrogen and oxygen atoms in total. The number of amides is 3. The maximum Gasteiger partial charge on any atom is 0.409 e. The van der Waals surface area contributed by atoms with E-state index in [0.29, 0.717) is 32.8 Å². The Kier molecular flexibility index (Phi) is 7.08. The van der Waals surface area contributed by atoms with Crippen molar-refractivity contribution in [3.05, 3.63) is 0 Å². The summed E-state index contributed by atoms with van der Waals surface area (Å²) in [5.74, 6) is 0.255. The highest BCUT2D eigenvalue weighted by Gasteiger charge is 2.30. The van der Waals surface area contributed by atoms with Crippen molar-refractivity contribution in [1.29, 1.82) is 0 Å². The van der Waals surface area contributed by atoms with Gasteiger partial charge in [-0.3, -0.25) is 9.59 Å². The van der Waals surface area contributed by atoms with E-state index in [0.717, 1.165) is 25.7 Å². The normalized spacial score (nSPS) is 19.8. The van der Waals surface area contributed by atoms with E-state index >= 15 is 0 Å². The molecular weight excluding hydrogens is 322 g/mol. The van der Waals surface area contributed by atoms with E-state index in [1.165, 1.54) is 0 Å². The second-order valence-electron chi connectivity index (χ2n) is 7.22. The van der Waals surface area contributed by atoms with Crippen LogP contribution in [0.1, 0.15) is 46.5 Å². The number of nitrogens with one attached hydrogen (secondary N) is 1. The van der Waals surface area contributed by atoms with Crippen LogP contribution in [0, 0.1) is 11.8 Å². The van der Waals surface area contributed by atoms with Crippen LogP contribution in [0.5, 0.6) is 0 Å². The van der Waals surface area contributed by atoms with E-state index in [-0.39, 0.29) is 35.8 Å². The van der Waals surface area contributed by atoms with Gasteiger partial charge < -0.3 is 19.9 Å². The van der Waals surface area contributed by atoms with Gasteiger partial charge in [-0.1, -0.05) is 13.8 Å². The molecule has 0 aromatic heterocycles. The van der Waals surface area contributed by atoms with Crippen molar-refractivity contribution in [3.63, 3.8) is 0 Å². The number of hydrogen-bond donors (Lipinski definition) is 1. The third kappa shape index (κ3) is 5.34. The first-order valence-electron chi connectivity index (χ1n) is 9.43. The number of likely N-dealkylation sites (tertiary alicyclic amines) is 2. The number of hydrogen-bond acceptors (Lipinski definition) is 4. The number of rotatable bonds is 4. The van der Waals surface area contributed by atoms with E-state index in [1.54, 1.807) is 11.8 Å². The lowest BCUT2D eigenvalue weighted by molar-refractivity contribution is -0.138. The van der Waals surface area contributed by atoms with Gasteiger partial charge in [-0.15, -0.1) is 0 Å². The van der Waals surface area contributed by atoms with Gasteiger partial charge in [0.05, 0.1) is 6.61 Å². The minimum Gasteiger partial charge on any atom is -0.450 e. The molecular formula is C18H31N3O4. The molecule has 7 heteroatoms. The van der Waals surface area contributed by atoms with Crippen LogP contribution in [0.3, 0.4) is 0 Å². The molecule has 0 saturated carbocycles. The maximum atomic E-state index is 12.5. The summed E-state index contributed by atoms with van der Waals surface area (Å²) in [6.07, 6.45) is 2.71. The number of ether oxygens (including phenoxy) is 1. The summed E-state index contributed by atoms with van der Waals surface area (Å²) < 4.78 is 5.01. The van der Waals surface area contributed by atoms with Crippen molar-refractivity contribution in [2.45, 2.75) is 52.5 Å². The highest BCUT2D eigenvalue weighted by molar-refractivity contribution is 5.81. The van der Waals surface area contributed by atoms with Gasteiger partial charge >= 0.3 is 6.09 Å². The minimum atomic E-state index is -0.269. The summed E-state index contributed by atoms with van der Waals surface area (Å²) in [5.41, 5.74) is 0. The Bertz CT molecular complexity index is 479. The van der Waals surface area contributed by atoms with Crippen LogP contribution in [-0.2, 0) is 14.3 Å². The smallest absolute Gasteiger partial charge is 0.409 e. The molecule has 3 amide bonds. The van der Waals surface area contributed by atoms with Crippen LogP contribution >= 0.6 is 0 Å². The summed E-state index contributed by atoms with van der Waals surface area (Å²) in [7, 11) is 0. The molecule has 2 rings (SSSR count). The van der Waals surface area contributed by atoms with E-state index in [2.05, 4.69) is 5.32 Å². The van der Waals surface area contributed by atoms with Gasteiger partial charge in [0, 0.05) is 44.1 Å². The van der Waals surface area contributed by atoms with Crippen molar-refractivity contribution in [3.8, 4) is 0 Å². The number of piperidine rings is 2. The van der Waals surface area contributed by atoms with Crippen LogP contribution in [0.25, 0.3) is 0 Å². The first-order chi connectivity index (χ1) is 11.9. The summed E-state index contributed by atoms with van der Waals surface area (Å²) in [5, 5.41) is 3.13. The van der Waals surface area contributed by atoms with Gasteiger partial charge in [-0.25, -0.2) is 4.79 Å². The quantitative estimate of drug-likeness (QED) is 0.833. The van der Waals surface area contributed by atoms with Gasteiger partial charge in [0.15, 0.2) is 0 Å². The molecule has 142 valence electrons. The predicted octanol–water partition coefficient (Wildman–Crippen LogP) is 1.62. The number of carbonyl (C=O) groups is 3. The van der Waals surface area contributed by atoms with Crippen LogP contribution in [0.15, 0.2) is 0 Å². The molecule has 2 aliphatic rings.